The molecule has 4 rings (SSSR count). The zero-order valence-electron chi connectivity index (χ0n) is 16.5. The normalized spacial score (nSPS) is 48.4. The Kier molecular flexibility index (Phi) is 3.85. The van der Waals surface area contributed by atoms with Crippen molar-refractivity contribution < 1.29 is 14.6 Å². The number of aliphatic hydroxyl groups excluding tert-OH is 1. The molecule has 0 radical (unpaired) electrons. The van der Waals surface area contributed by atoms with Crippen LogP contribution in [0.4, 0.5) is 0 Å². The molecule has 2 saturated carbocycles. The summed E-state index contributed by atoms with van der Waals surface area (Å²) in [6.07, 6.45) is 10.2. The molecule has 3 fully saturated rings. The predicted octanol–water partition coefficient (Wildman–Crippen LogP) is 5.24. The molecule has 0 aromatic carbocycles. The zero-order valence-corrected chi connectivity index (χ0v) is 16.5. The van der Waals surface area contributed by atoms with Crippen molar-refractivity contribution in [3.05, 3.63) is 23.7 Å². The molecule has 0 spiro atoms. The summed E-state index contributed by atoms with van der Waals surface area (Å²) in [6.45, 7) is 10.7. The van der Waals surface area contributed by atoms with Gasteiger partial charge in [-0.05, 0) is 59.8 Å². The van der Waals surface area contributed by atoms with Crippen LogP contribution in [0.15, 0.2) is 23.7 Å². The SMILES string of the molecule is COC1=CC2OC[C@@H]3[C@@]4(C)CCCC(C)(C)[C@@H]4CC[C@@]3(C)C2C(O)=C1. The van der Waals surface area contributed by atoms with Gasteiger partial charge in [0.2, 0.25) is 0 Å². The lowest BCUT2D eigenvalue weighted by molar-refractivity contribution is -0.216. The van der Waals surface area contributed by atoms with E-state index in [1.807, 2.05) is 0 Å². The van der Waals surface area contributed by atoms with E-state index in [2.05, 4.69) is 33.8 Å². The quantitative estimate of drug-likeness (QED) is 0.706. The lowest BCUT2D eigenvalue weighted by atomic mass is 9.41. The van der Waals surface area contributed by atoms with E-state index < -0.39 is 0 Å². The number of methoxy groups -OCH3 is 1. The van der Waals surface area contributed by atoms with Crippen LogP contribution in [0.3, 0.4) is 0 Å². The molecule has 0 aromatic heterocycles. The Hall–Kier alpha value is -0.960. The number of hydrogen-bond donors (Lipinski definition) is 1. The summed E-state index contributed by atoms with van der Waals surface area (Å²) < 4.78 is 11.7. The third-order valence-corrected chi connectivity index (χ3v) is 8.51. The minimum atomic E-state index is -0.0575. The molecule has 140 valence electrons. The number of hydrogen-bond acceptors (Lipinski definition) is 3. The lowest BCUT2D eigenvalue weighted by Crippen LogP contribution is -2.62. The fourth-order valence-electron chi connectivity index (χ4n) is 7.34. The summed E-state index contributed by atoms with van der Waals surface area (Å²) >= 11 is 0. The van der Waals surface area contributed by atoms with Gasteiger partial charge in [-0.3, -0.25) is 0 Å². The van der Waals surface area contributed by atoms with E-state index in [4.69, 9.17) is 9.47 Å². The minimum absolute atomic E-state index is 0.0575. The van der Waals surface area contributed by atoms with Gasteiger partial charge in [0.15, 0.2) is 0 Å². The summed E-state index contributed by atoms with van der Waals surface area (Å²) in [6, 6.07) is 0. The van der Waals surface area contributed by atoms with E-state index in [0.29, 0.717) is 22.5 Å². The molecule has 4 aliphatic rings. The molecule has 1 heterocycles. The first-order chi connectivity index (χ1) is 11.7. The van der Waals surface area contributed by atoms with Crippen LogP contribution in [0.5, 0.6) is 0 Å². The van der Waals surface area contributed by atoms with Crippen molar-refractivity contribution in [3.8, 4) is 0 Å². The second-order valence-corrected chi connectivity index (χ2v) is 10.1. The average molecular weight is 347 g/mol. The van der Waals surface area contributed by atoms with Crippen LogP contribution in [-0.2, 0) is 9.47 Å². The van der Waals surface area contributed by atoms with Gasteiger partial charge in [0, 0.05) is 6.08 Å². The topological polar surface area (TPSA) is 38.7 Å². The second-order valence-electron chi connectivity index (χ2n) is 10.1. The van der Waals surface area contributed by atoms with Gasteiger partial charge in [0.05, 0.1) is 25.7 Å². The van der Waals surface area contributed by atoms with Crippen LogP contribution in [0.1, 0.15) is 59.8 Å². The maximum Gasteiger partial charge on any atom is 0.120 e. The Labute approximate surface area is 152 Å². The van der Waals surface area contributed by atoms with Gasteiger partial charge in [-0.25, -0.2) is 0 Å². The summed E-state index contributed by atoms with van der Waals surface area (Å²) in [5.41, 5.74) is 0.821. The fraction of sp³-hybridized carbons (Fsp3) is 0.818. The largest absolute Gasteiger partial charge is 0.512 e. The van der Waals surface area contributed by atoms with Crippen molar-refractivity contribution in [1.82, 2.24) is 0 Å². The Morgan fingerprint density at radius 1 is 1.08 bits per heavy atom. The molecule has 1 N–H and O–H groups in total. The van der Waals surface area contributed by atoms with Gasteiger partial charge in [0.25, 0.3) is 0 Å². The van der Waals surface area contributed by atoms with Crippen molar-refractivity contribution in [3.63, 3.8) is 0 Å². The molecule has 6 atom stereocenters. The maximum absolute atomic E-state index is 10.9. The fourth-order valence-corrected chi connectivity index (χ4v) is 7.34. The summed E-state index contributed by atoms with van der Waals surface area (Å²) in [4.78, 5) is 0. The Morgan fingerprint density at radius 2 is 1.84 bits per heavy atom. The summed E-state index contributed by atoms with van der Waals surface area (Å²) in [5.74, 6) is 2.50. The van der Waals surface area contributed by atoms with E-state index in [0.717, 1.165) is 18.3 Å². The number of ether oxygens (including phenoxy) is 2. The van der Waals surface area contributed by atoms with Crippen molar-refractivity contribution in [2.45, 2.75) is 65.9 Å². The highest BCUT2D eigenvalue weighted by atomic mass is 16.5. The van der Waals surface area contributed by atoms with Crippen LogP contribution >= 0.6 is 0 Å². The van der Waals surface area contributed by atoms with Crippen LogP contribution in [0, 0.1) is 34.0 Å². The smallest absolute Gasteiger partial charge is 0.120 e. The zero-order chi connectivity index (χ0) is 18.0. The first-order valence-electron chi connectivity index (χ1n) is 10.0. The van der Waals surface area contributed by atoms with Gasteiger partial charge in [0.1, 0.15) is 11.5 Å². The van der Waals surface area contributed by atoms with Crippen molar-refractivity contribution in [2.75, 3.05) is 13.7 Å². The Morgan fingerprint density at radius 3 is 2.56 bits per heavy atom. The third kappa shape index (κ3) is 2.34. The van der Waals surface area contributed by atoms with Gasteiger partial charge in [-0.1, -0.05) is 34.1 Å². The standard InChI is InChI=1S/C22H34O3/c1-20(2)8-6-9-21(3)17(20)7-10-22(4)18(21)13-25-16-12-14(24-5)11-15(23)19(16)22/h11-12,16-19,23H,6-10,13H2,1-5H3/t16?,17-,18+,19?,21-,22+/m0/s1. The third-order valence-electron chi connectivity index (χ3n) is 8.51. The maximum atomic E-state index is 10.9. The molecule has 25 heavy (non-hydrogen) atoms. The number of rotatable bonds is 1. The minimum Gasteiger partial charge on any atom is -0.512 e. The first kappa shape index (κ1) is 17.5. The van der Waals surface area contributed by atoms with Crippen molar-refractivity contribution >= 4 is 0 Å². The van der Waals surface area contributed by atoms with E-state index in [1.54, 1.807) is 13.2 Å². The van der Waals surface area contributed by atoms with Crippen molar-refractivity contribution in [1.29, 1.82) is 0 Å². The molecule has 0 amide bonds. The molecule has 1 aliphatic heterocycles. The van der Waals surface area contributed by atoms with Gasteiger partial charge in [-0.2, -0.15) is 0 Å². The van der Waals surface area contributed by atoms with Crippen LogP contribution in [0.2, 0.25) is 0 Å². The van der Waals surface area contributed by atoms with Crippen LogP contribution in [-0.4, -0.2) is 24.9 Å². The first-order valence-corrected chi connectivity index (χ1v) is 10.0. The highest BCUT2D eigenvalue weighted by molar-refractivity contribution is 5.29. The Bertz CT molecular complexity index is 619. The lowest BCUT2D eigenvalue weighted by Gasteiger charge is -2.66. The van der Waals surface area contributed by atoms with E-state index >= 15 is 0 Å². The van der Waals surface area contributed by atoms with E-state index in [1.165, 1.54) is 32.1 Å². The molecule has 1 saturated heterocycles. The number of aliphatic hydroxyl groups is 1. The van der Waals surface area contributed by atoms with E-state index in [9.17, 15) is 5.11 Å². The van der Waals surface area contributed by atoms with Crippen molar-refractivity contribution in [2.24, 2.45) is 34.0 Å². The van der Waals surface area contributed by atoms with Crippen LogP contribution < -0.4 is 0 Å². The van der Waals surface area contributed by atoms with E-state index in [-0.39, 0.29) is 17.4 Å². The number of allylic oxidation sites excluding steroid dienone is 1. The molecule has 2 unspecified atom stereocenters. The molecule has 0 bridgehead atoms. The highest BCUT2D eigenvalue weighted by Gasteiger charge is 2.63. The molecule has 3 heteroatoms. The van der Waals surface area contributed by atoms with Gasteiger partial charge >= 0.3 is 0 Å². The molecule has 0 aromatic rings. The monoisotopic (exact) mass is 346 g/mol. The number of fused-ring (bicyclic) bond motifs is 5. The molecule has 3 aliphatic carbocycles. The summed E-state index contributed by atoms with van der Waals surface area (Å²) in [7, 11) is 1.65. The highest BCUT2D eigenvalue weighted by Crippen LogP contribution is 2.68. The van der Waals surface area contributed by atoms with Crippen LogP contribution in [0.25, 0.3) is 0 Å². The molecule has 3 nitrogen and oxygen atoms in total. The molecular weight excluding hydrogens is 312 g/mol. The van der Waals surface area contributed by atoms with Gasteiger partial charge < -0.3 is 14.6 Å². The summed E-state index contributed by atoms with van der Waals surface area (Å²) in [5, 5.41) is 10.9. The predicted molar refractivity (Wildman–Crippen MR) is 99.1 cm³/mol. The average Bonchev–Trinajstić information content (AvgIpc) is 2.52. The van der Waals surface area contributed by atoms with Gasteiger partial charge in [-0.15, -0.1) is 0 Å². The molecular formula is C22H34O3. The second kappa shape index (κ2) is 5.52. The Balaban J connectivity index is 1.72.